The minimum atomic E-state index is 0.102. The molecule has 1 aromatic rings. The molecule has 1 unspecified atom stereocenters. The van der Waals surface area contributed by atoms with Gasteiger partial charge in [0.15, 0.2) is 11.6 Å². The van der Waals surface area contributed by atoms with Crippen molar-refractivity contribution in [2.75, 3.05) is 24.3 Å². The molecule has 0 radical (unpaired) electrons. The summed E-state index contributed by atoms with van der Waals surface area (Å²) in [7, 11) is 0. The van der Waals surface area contributed by atoms with Gasteiger partial charge in [-0.25, -0.2) is 4.98 Å². The van der Waals surface area contributed by atoms with Crippen molar-refractivity contribution >= 4 is 18.5 Å². The number of hydrogen-bond acceptors (Lipinski definition) is 7. The standard InChI is InChI=1S/C15H25N5O2/c1-4-6-12(7-8-21)19-14-13(9-18-15(16)20-14)22-10-11(5-2)17-3/h5,9,12,21H,3-4,6-8,10H2,1-2H3,(H3,16,18,19,20)/b11-5-. The molecule has 1 heterocycles. The Kier molecular flexibility index (Phi) is 7.91. The molecule has 1 rings (SSSR count). The third kappa shape index (κ3) is 5.69. The van der Waals surface area contributed by atoms with Crippen LogP contribution in [0, 0.1) is 0 Å². The molecule has 7 nitrogen and oxygen atoms in total. The van der Waals surface area contributed by atoms with Crippen molar-refractivity contribution in [3.63, 3.8) is 0 Å². The smallest absolute Gasteiger partial charge is 0.222 e. The van der Waals surface area contributed by atoms with Gasteiger partial charge in [-0.2, -0.15) is 4.98 Å². The van der Waals surface area contributed by atoms with Gasteiger partial charge in [0, 0.05) is 12.6 Å². The number of aliphatic hydroxyl groups is 1. The molecular weight excluding hydrogens is 282 g/mol. The number of nitrogens with one attached hydrogen (secondary N) is 1. The zero-order chi connectivity index (χ0) is 16.4. The van der Waals surface area contributed by atoms with Gasteiger partial charge in [-0.1, -0.05) is 19.4 Å². The van der Waals surface area contributed by atoms with Gasteiger partial charge in [0.05, 0.1) is 11.9 Å². The van der Waals surface area contributed by atoms with E-state index in [1.165, 1.54) is 6.20 Å². The normalized spacial score (nSPS) is 12.8. The first kappa shape index (κ1) is 17.9. The van der Waals surface area contributed by atoms with Gasteiger partial charge in [0.2, 0.25) is 5.95 Å². The monoisotopic (exact) mass is 307 g/mol. The molecule has 0 aromatic carbocycles. The van der Waals surface area contributed by atoms with Crippen molar-refractivity contribution in [3.05, 3.63) is 18.0 Å². The number of ether oxygens (including phenoxy) is 1. The summed E-state index contributed by atoms with van der Waals surface area (Å²) in [6, 6.07) is 0.102. The number of nitrogens with two attached hydrogens (primary N) is 1. The van der Waals surface area contributed by atoms with E-state index in [2.05, 4.69) is 33.9 Å². The van der Waals surface area contributed by atoms with Gasteiger partial charge in [0.25, 0.3) is 0 Å². The quantitative estimate of drug-likeness (QED) is 0.571. The summed E-state index contributed by atoms with van der Waals surface area (Å²) < 4.78 is 5.69. The van der Waals surface area contributed by atoms with Crippen LogP contribution in [0.2, 0.25) is 0 Å². The third-order valence-electron chi connectivity index (χ3n) is 3.14. The fraction of sp³-hybridized carbons (Fsp3) is 0.533. The number of hydrogen-bond donors (Lipinski definition) is 3. The van der Waals surface area contributed by atoms with E-state index in [1.54, 1.807) is 0 Å². The molecule has 7 heteroatoms. The van der Waals surface area contributed by atoms with Crippen LogP contribution in [0.15, 0.2) is 23.0 Å². The van der Waals surface area contributed by atoms with Crippen LogP contribution in [0.1, 0.15) is 33.1 Å². The first-order chi connectivity index (χ1) is 10.6. The van der Waals surface area contributed by atoms with E-state index in [1.807, 2.05) is 13.0 Å². The fourth-order valence-electron chi connectivity index (χ4n) is 1.95. The number of anilines is 2. The Morgan fingerprint density at radius 1 is 1.59 bits per heavy atom. The maximum Gasteiger partial charge on any atom is 0.222 e. The summed E-state index contributed by atoms with van der Waals surface area (Å²) in [5, 5.41) is 12.4. The maximum atomic E-state index is 9.15. The number of aromatic nitrogens is 2. The van der Waals surface area contributed by atoms with E-state index >= 15 is 0 Å². The highest BCUT2D eigenvalue weighted by Crippen LogP contribution is 2.24. The molecular formula is C15H25N5O2. The van der Waals surface area contributed by atoms with Gasteiger partial charge in [-0.15, -0.1) is 0 Å². The molecule has 4 N–H and O–H groups in total. The van der Waals surface area contributed by atoms with E-state index < -0.39 is 0 Å². The first-order valence-corrected chi connectivity index (χ1v) is 7.39. The van der Waals surface area contributed by atoms with Crippen LogP contribution in [0.5, 0.6) is 5.75 Å². The van der Waals surface area contributed by atoms with Gasteiger partial charge in [-0.3, -0.25) is 4.99 Å². The Labute approximate surface area is 131 Å². The molecule has 0 bridgehead atoms. The SMILES string of the molecule is C=N/C(=C\C)COc1cnc(N)nc1NC(CCC)CCO. The number of nitrogen functional groups attached to an aromatic ring is 1. The van der Waals surface area contributed by atoms with Crippen molar-refractivity contribution in [1.29, 1.82) is 0 Å². The molecule has 0 saturated heterocycles. The molecule has 0 aliphatic heterocycles. The Morgan fingerprint density at radius 2 is 2.36 bits per heavy atom. The molecule has 122 valence electrons. The fourth-order valence-corrected chi connectivity index (χ4v) is 1.95. The molecule has 1 atom stereocenters. The molecule has 0 amide bonds. The molecule has 0 fully saturated rings. The van der Waals surface area contributed by atoms with E-state index in [0.717, 1.165) is 18.5 Å². The van der Waals surface area contributed by atoms with Crippen molar-refractivity contribution in [2.45, 2.75) is 39.2 Å². The zero-order valence-corrected chi connectivity index (χ0v) is 13.2. The number of allylic oxidation sites excluding steroid dienone is 1. The lowest BCUT2D eigenvalue weighted by Crippen LogP contribution is -2.22. The highest BCUT2D eigenvalue weighted by molar-refractivity contribution is 5.52. The minimum absolute atomic E-state index is 0.102. The second kappa shape index (κ2) is 9.73. The Bertz CT molecular complexity index is 499. The number of aliphatic hydroxyl groups excluding tert-OH is 1. The molecule has 0 aliphatic carbocycles. The second-order valence-electron chi connectivity index (χ2n) is 4.81. The lowest BCUT2D eigenvalue weighted by Gasteiger charge is -2.19. The van der Waals surface area contributed by atoms with Gasteiger partial charge in [-0.05, 0) is 26.5 Å². The van der Waals surface area contributed by atoms with Gasteiger partial charge in [0.1, 0.15) is 6.61 Å². The van der Waals surface area contributed by atoms with Crippen molar-refractivity contribution in [2.24, 2.45) is 4.99 Å². The highest BCUT2D eigenvalue weighted by atomic mass is 16.5. The number of nitrogens with zero attached hydrogens (tertiary/aromatic N) is 3. The van der Waals surface area contributed by atoms with Crippen LogP contribution in [0.25, 0.3) is 0 Å². The van der Waals surface area contributed by atoms with Crippen LogP contribution in [-0.2, 0) is 0 Å². The van der Waals surface area contributed by atoms with E-state index in [-0.39, 0.29) is 25.2 Å². The van der Waals surface area contributed by atoms with Crippen LogP contribution in [0.4, 0.5) is 11.8 Å². The summed E-state index contributed by atoms with van der Waals surface area (Å²) in [5.74, 6) is 1.19. The van der Waals surface area contributed by atoms with Crippen LogP contribution < -0.4 is 15.8 Å². The Morgan fingerprint density at radius 3 is 2.95 bits per heavy atom. The molecule has 0 aliphatic rings. The average molecular weight is 307 g/mol. The first-order valence-electron chi connectivity index (χ1n) is 7.39. The van der Waals surface area contributed by atoms with Crippen LogP contribution in [-0.4, -0.2) is 41.0 Å². The predicted molar refractivity (Wildman–Crippen MR) is 89.3 cm³/mol. The number of aliphatic imine (C=N–C) groups is 1. The van der Waals surface area contributed by atoms with E-state index in [4.69, 9.17) is 15.6 Å². The predicted octanol–water partition coefficient (Wildman–Crippen LogP) is 2.01. The second-order valence-corrected chi connectivity index (χ2v) is 4.81. The maximum absolute atomic E-state index is 9.15. The highest BCUT2D eigenvalue weighted by Gasteiger charge is 2.13. The molecule has 22 heavy (non-hydrogen) atoms. The van der Waals surface area contributed by atoms with E-state index in [0.29, 0.717) is 18.0 Å². The Balaban J connectivity index is 2.87. The average Bonchev–Trinajstić information content (AvgIpc) is 2.50. The van der Waals surface area contributed by atoms with Crippen molar-refractivity contribution in [3.8, 4) is 5.75 Å². The third-order valence-corrected chi connectivity index (χ3v) is 3.14. The van der Waals surface area contributed by atoms with Crippen molar-refractivity contribution in [1.82, 2.24) is 9.97 Å². The number of rotatable bonds is 10. The van der Waals surface area contributed by atoms with E-state index in [9.17, 15) is 0 Å². The molecule has 0 saturated carbocycles. The van der Waals surface area contributed by atoms with Gasteiger partial charge >= 0.3 is 0 Å². The summed E-state index contributed by atoms with van der Waals surface area (Å²) in [5.41, 5.74) is 6.38. The van der Waals surface area contributed by atoms with Crippen LogP contribution >= 0.6 is 0 Å². The Hall–Kier alpha value is -2.15. The molecule has 1 aromatic heterocycles. The summed E-state index contributed by atoms with van der Waals surface area (Å²) in [6.45, 7) is 7.83. The largest absolute Gasteiger partial charge is 0.482 e. The topological polar surface area (TPSA) is 106 Å². The minimum Gasteiger partial charge on any atom is -0.482 e. The zero-order valence-electron chi connectivity index (χ0n) is 13.2. The van der Waals surface area contributed by atoms with Gasteiger partial charge < -0.3 is 20.9 Å². The van der Waals surface area contributed by atoms with Crippen LogP contribution in [0.3, 0.4) is 0 Å². The summed E-state index contributed by atoms with van der Waals surface area (Å²) >= 11 is 0. The summed E-state index contributed by atoms with van der Waals surface area (Å²) in [4.78, 5) is 12.0. The van der Waals surface area contributed by atoms with Crippen molar-refractivity contribution < 1.29 is 9.84 Å². The lowest BCUT2D eigenvalue weighted by molar-refractivity contribution is 0.276. The summed E-state index contributed by atoms with van der Waals surface area (Å²) in [6.07, 6.45) is 5.90. The molecule has 0 spiro atoms. The lowest BCUT2D eigenvalue weighted by atomic mass is 10.1.